The van der Waals surface area contributed by atoms with Crippen molar-refractivity contribution in [3.05, 3.63) is 0 Å². The second-order valence-electron chi connectivity index (χ2n) is 12.2. The Balaban J connectivity index is 1.49. The van der Waals surface area contributed by atoms with E-state index in [0.717, 1.165) is 38.5 Å². The van der Waals surface area contributed by atoms with Gasteiger partial charge in [0.15, 0.2) is 0 Å². The highest BCUT2D eigenvalue weighted by atomic mass is 16.4. The summed E-state index contributed by atoms with van der Waals surface area (Å²) in [6, 6.07) is 0. The van der Waals surface area contributed by atoms with E-state index in [1.807, 2.05) is 0 Å². The molecule has 4 rings (SSSR count). The lowest BCUT2D eigenvalue weighted by molar-refractivity contribution is -0.207. The summed E-state index contributed by atoms with van der Waals surface area (Å²) in [5.74, 6) is 0.265. The second kappa shape index (κ2) is 9.12. The molecule has 4 saturated carbocycles. The summed E-state index contributed by atoms with van der Waals surface area (Å²) in [5, 5.41) is 44.4. The van der Waals surface area contributed by atoms with Crippen LogP contribution in [0.4, 0.5) is 0 Å². The van der Waals surface area contributed by atoms with Crippen molar-refractivity contribution >= 4 is 11.9 Å². The van der Waals surface area contributed by atoms with Crippen LogP contribution in [0.5, 0.6) is 0 Å². The average molecular weight is 466 g/mol. The number of nitrogens with one attached hydrogen (secondary N) is 1. The van der Waals surface area contributed by atoms with E-state index < -0.39 is 12.1 Å². The Morgan fingerprint density at radius 2 is 1.76 bits per heavy atom. The summed E-state index contributed by atoms with van der Waals surface area (Å²) in [6.45, 7) is 6.35. The molecular weight excluding hydrogens is 422 g/mol. The molecule has 0 aromatic heterocycles. The maximum absolute atomic E-state index is 12.0. The van der Waals surface area contributed by atoms with Crippen LogP contribution in [0.1, 0.15) is 78.6 Å². The van der Waals surface area contributed by atoms with Crippen molar-refractivity contribution in [1.82, 2.24) is 5.32 Å². The topological polar surface area (TPSA) is 127 Å². The minimum Gasteiger partial charge on any atom is -0.480 e. The van der Waals surface area contributed by atoms with E-state index in [1.165, 1.54) is 0 Å². The van der Waals surface area contributed by atoms with Gasteiger partial charge in [-0.2, -0.15) is 0 Å². The van der Waals surface area contributed by atoms with Crippen LogP contribution in [0.3, 0.4) is 0 Å². The van der Waals surface area contributed by atoms with Gasteiger partial charge in [0.1, 0.15) is 6.54 Å². The van der Waals surface area contributed by atoms with Gasteiger partial charge in [0, 0.05) is 6.42 Å². The highest BCUT2D eigenvalue weighted by molar-refractivity contribution is 5.81. The molecule has 4 aliphatic rings. The van der Waals surface area contributed by atoms with Gasteiger partial charge in [0.2, 0.25) is 5.91 Å². The smallest absolute Gasteiger partial charge is 0.322 e. The van der Waals surface area contributed by atoms with Crippen molar-refractivity contribution in [3.8, 4) is 0 Å². The third-order valence-corrected chi connectivity index (χ3v) is 10.8. The van der Waals surface area contributed by atoms with Crippen molar-refractivity contribution in [1.29, 1.82) is 0 Å². The van der Waals surface area contributed by atoms with Crippen LogP contribution in [0.15, 0.2) is 0 Å². The van der Waals surface area contributed by atoms with Crippen LogP contribution >= 0.6 is 0 Å². The molecule has 0 bridgehead atoms. The first kappa shape index (κ1) is 24.9. The summed E-state index contributed by atoms with van der Waals surface area (Å²) in [5.41, 5.74) is -0.214. The lowest BCUT2D eigenvalue weighted by atomic mass is 9.43. The van der Waals surface area contributed by atoms with E-state index in [9.17, 15) is 24.9 Å². The Hall–Kier alpha value is -1.18. The number of aliphatic carboxylic acids is 1. The van der Waals surface area contributed by atoms with Crippen molar-refractivity contribution in [3.63, 3.8) is 0 Å². The Labute approximate surface area is 197 Å². The van der Waals surface area contributed by atoms with Crippen LogP contribution in [-0.2, 0) is 9.59 Å². The van der Waals surface area contributed by atoms with Gasteiger partial charge < -0.3 is 25.7 Å². The summed E-state index contributed by atoms with van der Waals surface area (Å²) in [4.78, 5) is 22.7. The van der Waals surface area contributed by atoms with Gasteiger partial charge in [-0.05, 0) is 97.7 Å². The minimum atomic E-state index is -1.04. The SMILES string of the molecule is CC(CCC(=O)NCC(=O)O)C1CC[C@H]2[C@@H]3[C@H](O)CC4C[C@@H](O)CC[C@@]4(C)[C@@H]3C[C@H](O)[C@@]12C. The Morgan fingerprint density at radius 3 is 2.45 bits per heavy atom. The van der Waals surface area contributed by atoms with Gasteiger partial charge in [0.25, 0.3) is 0 Å². The molecule has 0 aromatic rings. The number of rotatable bonds is 6. The minimum absolute atomic E-state index is 0.0668. The fraction of sp³-hybridized carbons (Fsp3) is 0.923. The quantitative estimate of drug-likeness (QED) is 0.410. The molecule has 0 aromatic carbocycles. The van der Waals surface area contributed by atoms with Gasteiger partial charge >= 0.3 is 5.97 Å². The third-order valence-electron chi connectivity index (χ3n) is 10.8. The highest BCUT2D eigenvalue weighted by Crippen LogP contribution is 2.68. The molecule has 11 atom stereocenters. The monoisotopic (exact) mass is 465 g/mol. The van der Waals surface area contributed by atoms with Gasteiger partial charge in [-0.25, -0.2) is 0 Å². The molecule has 0 heterocycles. The lowest BCUT2D eigenvalue weighted by Gasteiger charge is -2.63. The van der Waals surface area contributed by atoms with Crippen LogP contribution in [0, 0.1) is 46.3 Å². The van der Waals surface area contributed by atoms with Crippen molar-refractivity contribution < 1.29 is 30.0 Å². The number of aliphatic hydroxyl groups excluding tert-OH is 3. The molecule has 1 amide bonds. The van der Waals surface area contributed by atoms with Gasteiger partial charge in [-0.1, -0.05) is 20.8 Å². The molecule has 0 aliphatic heterocycles. The van der Waals surface area contributed by atoms with Crippen LogP contribution in [0.25, 0.3) is 0 Å². The summed E-state index contributed by atoms with van der Waals surface area (Å²) in [7, 11) is 0. The Morgan fingerprint density at radius 1 is 1.03 bits per heavy atom. The maximum Gasteiger partial charge on any atom is 0.322 e. The fourth-order valence-electron chi connectivity index (χ4n) is 8.95. The van der Waals surface area contributed by atoms with E-state index in [1.54, 1.807) is 0 Å². The van der Waals surface area contributed by atoms with Crippen molar-refractivity contribution in [2.75, 3.05) is 6.54 Å². The average Bonchev–Trinajstić information content (AvgIpc) is 3.11. The van der Waals surface area contributed by atoms with E-state index in [4.69, 9.17) is 5.11 Å². The number of fused-ring (bicyclic) bond motifs is 5. The first-order chi connectivity index (χ1) is 15.5. The molecular formula is C26H43NO6. The molecule has 0 saturated heterocycles. The van der Waals surface area contributed by atoms with E-state index in [-0.39, 0.29) is 65.1 Å². The fourth-order valence-corrected chi connectivity index (χ4v) is 8.95. The highest BCUT2D eigenvalue weighted by Gasteiger charge is 2.65. The molecule has 7 nitrogen and oxygen atoms in total. The summed E-state index contributed by atoms with van der Waals surface area (Å²) < 4.78 is 0. The van der Waals surface area contributed by atoms with Gasteiger partial charge in [-0.15, -0.1) is 0 Å². The first-order valence-electron chi connectivity index (χ1n) is 13.0. The van der Waals surface area contributed by atoms with E-state index in [2.05, 4.69) is 26.1 Å². The number of amides is 1. The number of carboxylic acids is 1. The number of carbonyl (C=O) groups is 2. The zero-order valence-electron chi connectivity index (χ0n) is 20.4. The Kier molecular flexibility index (Phi) is 6.89. The first-order valence-corrected chi connectivity index (χ1v) is 13.0. The Bertz CT molecular complexity index is 759. The summed E-state index contributed by atoms with van der Waals surface area (Å²) >= 11 is 0. The van der Waals surface area contributed by atoms with Gasteiger partial charge in [-0.3, -0.25) is 9.59 Å². The second-order valence-corrected chi connectivity index (χ2v) is 12.2. The van der Waals surface area contributed by atoms with Crippen LogP contribution in [-0.4, -0.2) is 57.2 Å². The van der Waals surface area contributed by atoms with E-state index >= 15 is 0 Å². The van der Waals surface area contributed by atoms with Crippen molar-refractivity contribution in [2.45, 2.75) is 96.9 Å². The normalized spacial score (nSPS) is 47.7. The maximum atomic E-state index is 12.0. The van der Waals surface area contributed by atoms with Gasteiger partial charge in [0.05, 0.1) is 18.3 Å². The molecule has 33 heavy (non-hydrogen) atoms. The van der Waals surface area contributed by atoms with Crippen molar-refractivity contribution in [2.24, 2.45) is 46.3 Å². The largest absolute Gasteiger partial charge is 0.480 e. The molecule has 188 valence electrons. The zero-order valence-corrected chi connectivity index (χ0v) is 20.4. The predicted molar refractivity (Wildman–Crippen MR) is 123 cm³/mol. The van der Waals surface area contributed by atoms with E-state index in [0.29, 0.717) is 25.2 Å². The third kappa shape index (κ3) is 4.23. The lowest BCUT2D eigenvalue weighted by Crippen LogP contribution is -2.62. The number of aliphatic hydroxyl groups is 3. The predicted octanol–water partition coefficient (Wildman–Crippen LogP) is 2.56. The molecule has 0 radical (unpaired) electrons. The molecule has 7 heteroatoms. The zero-order chi connectivity index (χ0) is 24.1. The number of carboxylic acid groups (broad SMARTS) is 1. The van der Waals surface area contributed by atoms with Crippen LogP contribution < -0.4 is 5.32 Å². The number of hydrogen-bond donors (Lipinski definition) is 5. The number of hydrogen-bond acceptors (Lipinski definition) is 5. The molecule has 4 aliphatic carbocycles. The molecule has 4 fully saturated rings. The van der Waals surface area contributed by atoms with Crippen LogP contribution in [0.2, 0.25) is 0 Å². The molecule has 0 spiro atoms. The number of carbonyl (C=O) groups excluding carboxylic acids is 1. The standard InChI is InChI=1S/C26H43NO6/c1-14(4-7-22(31)27-13-23(32)33)17-5-6-18-24-19(12-21(30)26(17,18)3)25(2)9-8-16(28)10-15(25)11-20(24)29/h14-21,24,28-30H,4-13H2,1-3H3,(H,27,31)(H,32,33)/t14?,15?,16-,17?,18-,19+,20+,21-,24-,25+,26-/m0/s1. The molecule has 5 N–H and O–H groups in total. The molecule has 3 unspecified atom stereocenters. The summed E-state index contributed by atoms with van der Waals surface area (Å²) in [6.07, 6.45) is 5.86.